The first-order valence-corrected chi connectivity index (χ1v) is 4.63. The van der Waals surface area contributed by atoms with Crippen LogP contribution in [0.4, 0.5) is 0 Å². The summed E-state index contributed by atoms with van der Waals surface area (Å²) in [5, 5.41) is 9.67. The second kappa shape index (κ2) is 4.49. The number of hydrogen-bond acceptors (Lipinski definition) is 1. The fourth-order valence-corrected chi connectivity index (χ4v) is 1.27. The van der Waals surface area contributed by atoms with E-state index in [-0.39, 0.29) is 5.57 Å². The molecule has 0 heterocycles. The summed E-state index contributed by atoms with van der Waals surface area (Å²) in [6.07, 6.45) is 1.48. The van der Waals surface area contributed by atoms with Crippen molar-refractivity contribution in [3.63, 3.8) is 0 Å². The molecule has 0 fully saturated rings. The SMILES string of the molecule is C/C(=C\c1cc(Cl)ccc1Cl)C(=O)O. The van der Waals surface area contributed by atoms with Crippen molar-refractivity contribution >= 4 is 35.2 Å². The molecule has 1 rings (SSSR count). The molecule has 0 amide bonds. The average molecular weight is 231 g/mol. The van der Waals surface area contributed by atoms with Gasteiger partial charge in [-0.1, -0.05) is 23.2 Å². The molecule has 0 aliphatic rings. The lowest BCUT2D eigenvalue weighted by atomic mass is 10.1. The Balaban J connectivity index is 3.13. The molecule has 0 saturated heterocycles. The topological polar surface area (TPSA) is 37.3 Å². The van der Waals surface area contributed by atoms with E-state index in [1.165, 1.54) is 13.0 Å². The molecule has 0 aliphatic heterocycles. The number of aliphatic carboxylic acids is 1. The fourth-order valence-electron chi connectivity index (χ4n) is 0.920. The molecular weight excluding hydrogens is 223 g/mol. The number of carbonyl (C=O) groups is 1. The molecule has 1 N–H and O–H groups in total. The lowest BCUT2D eigenvalue weighted by Gasteiger charge is -2.00. The molecule has 1 aromatic rings. The van der Waals surface area contributed by atoms with Crippen molar-refractivity contribution < 1.29 is 9.90 Å². The summed E-state index contributed by atoms with van der Waals surface area (Å²) in [7, 11) is 0. The van der Waals surface area contributed by atoms with Crippen LogP contribution < -0.4 is 0 Å². The summed E-state index contributed by atoms with van der Waals surface area (Å²) in [5.41, 5.74) is 0.827. The fraction of sp³-hybridized carbons (Fsp3) is 0.100. The number of rotatable bonds is 2. The van der Waals surface area contributed by atoms with Crippen molar-refractivity contribution in [2.45, 2.75) is 6.92 Å². The van der Waals surface area contributed by atoms with E-state index in [0.717, 1.165) is 0 Å². The standard InChI is InChI=1S/C10H8Cl2O2/c1-6(10(13)14)4-7-5-8(11)2-3-9(7)12/h2-5H,1H3,(H,13,14)/b6-4+. The van der Waals surface area contributed by atoms with Gasteiger partial charge in [0.05, 0.1) is 0 Å². The molecule has 1 aromatic carbocycles. The van der Waals surface area contributed by atoms with Gasteiger partial charge in [-0.25, -0.2) is 4.79 Å². The van der Waals surface area contributed by atoms with Crippen molar-refractivity contribution in [2.24, 2.45) is 0 Å². The molecule has 4 heteroatoms. The van der Waals surface area contributed by atoms with E-state index in [0.29, 0.717) is 15.6 Å². The van der Waals surface area contributed by atoms with E-state index in [1.807, 2.05) is 0 Å². The summed E-state index contributed by atoms with van der Waals surface area (Å²) < 4.78 is 0. The van der Waals surface area contributed by atoms with Gasteiger partial charge in [-0.2, -0.15) is 0 Å². The normalized spacial score (nSPS) is 11.5. The van der Waals surface area contributed by atoms with Gasteiger partial charge in [0.25, 0.3) is 0 Å². The number of halogens is 2. The minimum atomic E-state index is -0.971. The highest BCUT2D eigenvalue weighted by molar-refractivity contribution is 6.34. The molecule has 0 atom stereocenters. The zero-order chi connectivity index (χ0) is 10.7. The summed E-state index contributed by atoms with van der Waals surface area (Å²) in [4.78, 5) is 10.6. The minimum absolute atomic E-state index is 0.217. The Morgan fingerprint density at radius 1 is 1.43 bits per heavy atom. The predicted octanol–water partition coefficient (Wildman–Crippen LogP) is 3.48. The van der Waals surface area contributed by atoms with E-state index in [9.17, 15) is 4.79 Å². The zero-order valence-corrected chi connectivity index (χ0v) is 8.93. The number of carboxylic acid groups (broad SMARTS) is 1. The lowest BCUT2D eigenvalue weighted by molar-refractivity contribution is -0.132. The van der Waals surface area contributed by atoms with E-state index < -0.39 is 5.97 Å². The van der Waals surface area contributed by atoms with Crippen LogP contribution in [0, 0.1) is 0 Å². The molecule has 0 spiro atoms. The molecule has 0 aromatic heterocycles. The maximum Gasteiger partial charge on any atom is 0.331 e. The van der Waals surface area contributed by atoms with Gasteiger partial charge in [-0.3, -0.25) is 0 Å². The lowest BCUT2D eigenvalue weighted by Crippen LogP contribution is -1.95. The molecule has 0 bridgehead atoms. The van der Waals surface area contributed by atoms with Crippen molar-refractivity contribution in [2.75, 3.05) is 0 Å². The molecule has 0 radical (unpaired) electrons. The van der Waals surface area contributed by atoms with E-state index in [4.69, 9.17) is 28.3 Å². The molecule has 0 saturated carbocycles. The third-order valence-electron chi connectivity index (χ3n) is 1.67. The molecular formula is C10H8Cl2O2. The molecule has 14 heavy (non-hydrogen) atoms. The number of hydrogen-bond donors (Lipinski definition) is 1. The minimum Gasteiger partial charge on any atom is -0.478 e. The van der Waals surface area contributed by atoms with Crippen molar-refractivity contribution in [3.05, 3.63) is 39.4 Å². The van der Waals surface area contributed by atoms with Gasteiger partial charge in [0.15, 0.2) is 0 Å². The maximum atomic E-state index is 10.6. The van der Waals surface area contributed by atoms with Crippen LogP contribution in [0.5, 0.6) is 0 Å². The van der Waals surface area contributed by atoms with Crippen molar-refractivity contribution in [1.29, 1.82) is 0 Å². The highest BCUT2D eigenvalue weighted by Crippen LogP contribution is 2.22. The van der Waals surface area contributed by atoms with Gasteiger partial charge >= 0.3 is 5.97 Å². The van der Waals surface area contributed by atoms with Crippen LogP contribution in [0.2, 0.25) is 10.0 Å². The van der Waals surface area contributed by atoms with Crippen molar-refractivity contribution in [1.82, 2.24) is 0 Å². The van der Waals surface area contributed by atoms with Crippen molar-refractivity contribution in [3.8, 4) is 0 Å². The Kier molecular flexibility index (Phi) is 3.55. The second-order valence-electron chi connectivity index (χ2n) is 2.80. The van der Waals surface area contributed by atoms with Gasteiger partial charge in [-0.15, -0.1) is 0 Å². The first-order valence-electron chi connectivity index (χ1n) is 3.87. The highest BCUT2D eigenvalue weighted by Gasteiger charge is 2.03. The van der Waals surface area contributed by atoms with Crippen LogP contribution in [-0.4, -0.2) is 11.1 Å². The predicted molar refractivity (Wildman–Crippen MR) is 57.7 cm³/mol. The summed E-state index contributed by atoms with van der Waals surface area (Å²) in [6, 6.07) is 4.90. The first-order chi connectivity index (χ1) is 6.50. The summed E-state index contributed by atoms with van der Waals surface area (Å²) in [5.74, 6) is -0.971. The molecule has 74 valence electrons. The largest absolute Gasteiger partial charge is 0.478 e. The highest BCUT2D eigenvalue weighted by atomic mass is 35.5. The van der Waals surface area contributed by atoms with Gasteiger partial charge in [0, 0.05) is 15.6 Å². The summed E-state index contributed by atoms with van der Waals surface area (Å²) >= 11 is 11.6. The Morgan fingerprint density at radius 2 is 2.07 bits per heavy atom. The average Bonchev–Trinajstić information content (AvgIpc) is 2.11. The Hall–Kier alpha value is -0.990. The van der Waals surface area contributed by atoms with E-state index in [2.05, 4.69) is 0 Å². The van der Waals surface area contributed by atoms with Crippen LogP contribution in [0.25, 0.3) is 6.08 Å². The first kappa shape index (κ1) is 11.1. The maximum absolute atomic E-state index is 10.6. The quantitative estimate of drug-likeness (QED) is 0.791. The summed E-state index contributed by atoms with van der Waals surface area (Å²) in [6.45, 7) is 1.50. The number of carboxylic acids is 1. The second-order valence-corrected chi connectivity index (χ2v) is 3.64. The monoisotopic (exact) mass is 230 g/mol. The van der Waals surface area contributed by atoms with Gasteiger partial charge in [0.2, 0.25) is 0 Å². The van der Waals surface area contributed by atoms with Gasteiger partial charge in [-0.05, 0) is 36.8 Å². The zero-order valence-electron chi connectivity index (χ0n) is 7.42. The third-order valence-corrected chi connectivity index (χ3v) is 2.25. The van der Waals surface area contributed by atoms with Crippen LogP contribution in [0.1, 0.15) is 12.5 Å². The Bertz CT molecular complexity index is 397. The molecule has 0 aliphatic carbocycles. The Morgan fingerprint density at radius 3 is 2.64 bits per heavy atom. The van der Waals surface area contributed by atoms with Crippen LogP contribution in [-0.2, 0) is 4.79 Å². The van der Waals surface area contributed by atoms with Crippen LogP contribution in [0.3, 0.4) is 0 Å². The van der Waals surface area contributed by atoms with E-state index >= 15 is 0 Å². The van der Waals surface area contributed by atoms with Crippen LogP contribution in [0.15, 0.2) is 23.8 Å². The smallest absolute Gasteiger partial charge is 0.331 e. The third kappa shape index (κ3) is 2.76. The van der Waals surface area contributed by atoms with Gasteiger partial charge < -0.3 is 5.11 Å². The molecule has 2 nitrogen and oxygen atoms in total. The Labute approximate surface area is 91.8 Å². The van der Waals surface area contributed by atoms with Crippen LogP contribution >= 0.6 is 23.2 Å². The van der Waals surface area contributed by atoms with Gasteiger partial charge in [0.1, 0.15) is 0 Å². The molecule has 0 unspecified atom stereocenters. The van der Waals surface area contributed by atoms with E-state index in [1.54, 1.807) is 18.2 Å². The number of benzene rings is 1.